The normalized spacial score (nSPS) is 10.4. The fourth-order valence-electron chi connectivity index (χ4n) is 1.21. The smallest absolute Gasteiger partial charge is 0.287 e. The van der Waals surface area contributed by atoms with Gasteiger partial charge in [-0.05, 0) is 33.1 Å². The van der Waals surface area contributed by atoms with Gasteiger partial charge in [-0.1, -0.05) is 0 Å². The Hall–Kier alpha value is -1.69. The van der Waals surface area contributed by atoms with E-state index in [0.29, 0.717) is 5.82 Å². The summed E-state index contributed by atoms with van der Waals surface area (Å²) in [6.07, 6.45) is 2.26. The molecule has 0 fully saturated rings. The SMILES string of the molecule is CN(C)CCCNc1ccc([N+](=O)[O-])cn1. The maximum Gasteiger partial charge on any atom is 0.287 e. The highest BCUT2D eigenvalue weighted by molar-refractivity contribution is 5.39. The molecule has 0 aromatic carbocycles. The Balaban J connectivity index is 2.35. The van der Waals surface area contributed by atoms with Gasteiger partial charge < -0.3 is 10.2 Å². The van der Waals surface area contributed by atoms with Gasteiger partial charge in [-0.25, -0.2) is 4.98 Å². The average molecular weight is 224 g/mol. The lowest BCUT2D eigenvalue weighted by molar-refractivity contribution is -0.385. The molecule has 6 heteroatoms. The van der Waals surface area contributed by atoms with Crippen LogP contribution in [0.2, 0.25) is 0 Å². The zero-order chi connectivity index (χ0) is 12.0. The maximum absolute atomic E-state index is 10.4. The van der Waals surface area contributed by atoms with E-state index in [1.54, 1.807) is 6.07 Å². The van der Waals surface area contributed by atoms with E-state index in [-0.39, 0.29) is 5.69 Å². The predicted molar refractivity (Wildman–Crippen MR) is 62.6 cm³/mol. The van der Waals surface area contributed by atoms with Crippen molar-refractivity contribution in [2.75, 3.05) is 32.5 Å². The molecule has 1 N–H and O–H groups in total. The van der Waals surface area contributed by atoms with Crippen molar-refractivity contribution < 1.29 is 4.92 Å². The van der Waals surface area contributed by atoms with Gasteiger partial charge in [-0.3, -0.25) is 10.1 Å². The van der Waals surface area contributed by atoms with Crippen molar-refractivity contribution in [3.8, 4) is 0 Å². The quantitative estimate of drug-likeness (QED) is 0.448. The van der Waals surface area contributed by atoms with Crippen LogP contribution < -0.4 is 5.32 Å². The van der Waals surface area contributed by atoms with Gasteiger partial charge in [-0.2, -0.15) is 0 Å². The van der Waals surface area contributed by atoms with Gasteiger partial charge in [0.05, 0.1) is 4.92 Å². The number of pyridine rings is 1. The fourth-order valence-corrected chi connectivity index (χ4v) is 1.21. The van der Waals surface area contributed by atoms with Gasteiger partial charge in [-0.15, -0.1) is 0 Å². The summed E-state index contributed by atoms with van der Waals surface area (Å²) in [6.45, 7) is 1.81. The third kappa shape index (κ3) is 4.22. The number of rotatable bonds is 6. The lowest BCUT2D eigenvalue weighted by Gasteiger charge is -2.09. The lowest BCUT2D eigenvalue weighted by Crippen LogP contribution is -2.16. The largest absolute Gasteiger partial charge is 0.370 e. The molecule has 0 bridgehead atoms. The molecule has 0 aliphatic carbocycles. The van der Waals surface area contributed by atoms with E-state index in [1.807, 2.05) is 14.1 Å². The number of nitrogens with zero attached hydrogens (tertiary/aromatic N) is 3. The number of hydrogen-bond acceptors (Lipinski definition) is 5. The maximum atomic E-state index is 10.4. The third-order valence-electron chi connectivity index (χ3n) is 2.05. The molecule has 0 saturated heterocycles. The molecule has 0 saturated carbocycles. The van der Waals surface area contributed by atoms with E-state index in [0.717, 1.165) is 19.5 Å². The molecule has 0 aliphatic rings. The number of nitro groups is 1. The summed E-state index contributed by atoms with van der Waals surface area (Å²) in [6, 6.07) is 3.06. The van der Waals surface area contributed by atoms with Crippen molar-refractivity contribution in [3.05, 3.63) is 28.4 Å². The molecule has 6 nitrogen and oxygen atoms in total. The van der Waals surface area contributed by atoms with Crippen LogP contribution in [0.25, 0.3) is 0 Å². The summed E-state index contributed by atoms with van der Waals surface area (Å²) in [4.78, 5) is 16.0. The van der Waals surface area contributed by atoms with Crippen molar-refractivity contribution in [3.63, 3.8) is 0 Å². The Morgan fingerprint density at radius 2 is 2.25 bits per heavy atom. The van der Waals surface area contributed by atoms with Crippen LogP contribution in [0.5, 0.6) is 0 Å². The first-order valence-electron chi connectivity index (χ1n) is 5.08. The second-order valence-electron chi connectivity index (χ2n) is 3.74. The zero-order valence-corrected chi connectivity index (χ0v) is 9.51. The molecule has 0 atom stereocenters. The van der Waals surface area contributed by atoms with Crippen LogP contribution in [0.15, 0.2) is 18.3 Å². The van der Waals surface area contributed by atoms with Gasteiger partial charge in [0, 0.05) is 12.6 Å². The van der Waals surface area contributed by atoms with Crippen molar-refractivity contribution in [1.82, 2.24) is 9.88 Å². The molecule has 16 heavy (non-hydrogen) atoms. The van der Waals surface area contributed by atoms with Crippen LogP contribution in [0.4, 0.5) is 11.5 Å². The van der Waals surface area contributed by atoms with E-state index in [1.165, 1.54) is 12.3 Å². The van der Waals surface area contributed by atoms with Crippen molar-refractivity contribution in [2.45, 2.75) is 6.42 Å². The average Bonchev–Trinajstić information content (AvgIpc) is 2.25. The molecule has 0 aliphatic heterocycles. The highest BCUT2D eigenvalue weighted by Gasteiger charge is 2.04. The summed E-state index contributed by atoms with van der Waals surface area (Å²) in [5.41, 5.74) is 0.0128. The molecule has 0 unspecified atom stereocenters. The summed E-state index contributed by atoms with van der Waals surface area (Å²) in [5, 5.41) is 13.5. The van der Waals surface area contributed by atoms with Crippen LogP contribution in [-0.2, 0) is 0 Å². The first kappa shape index (κ1) is 12.4. The molecule has 0 amide bonds. The zero-order valence-electron chi connectivity index (χ0n) is 9.51. The highest BCUT2D eigenvalue weighted by Crippen LogP contribution is 2.11. The van der Waals surface area contributed by atoms with Gasteiger partial charge in [0.1, 0.15) is 12.0 Å². The second kappa shape index (κ2) is 6.02. The van der Waals surface area contributed by atoms with Gasteiger partial charge >= 0.3 is 0 Å². The van der Waals surface area contributed by atoms with Gasteiger partial charge in [0.2, 0.25) is 0 Å². The summed E-state index contributed by atoms with van der Waals surface area (Å²) < 4.78 is 0. The Labute approximate surface area is 94.4 Å². The van der Waals surface area contributed by atoms with Crippen LogP contribution in [0.3, 0.4) is 0 Å². The first-order chi connectivity index (χ1) is 7.59. The Bertz CT molecular complexity index is 337. The number of hydrogen-bond donors (Lipinski definition) is 1. The summed E-state index contributed by atoms with van der Waals surface area (Å²) in [7, 11) is 4.04. The monoisotopic (exact) mass is 224 g/mol. The van der Waals surface area contributed by atoms with E-state index in [9.17, 15) is 10.1 Å². The predicted octanol–water partition coefficient (Wildman–Crippen LogP) is 1.35. The standard InChI is InChI=1S/C10H16N4O2/c1-13(2)7-3-6-11-10-5-4-9(8-12-10)14(15)16/h4-5,8H,3,6-7H2,1-2H3,(H,11,12). The fraction of sp³-hybridized carbons (Fsp3) is 0.500. The van der Waals surface area contributed by atoms with Crippen LogP contribution >= 0.6 is 0 Å². The molecule has 0 spiro atoms. The van der Waals surface area contributed by atoms with E-state index < -0.39 is 4.92 Å². The number of anilines is 1. The lowest BCUT2D eigenvalue weighted by atomic mass is 10.3. The first-order valence-corrected chi connectivity index (χ1v) is 5.08. The minimum Gasteiger partial charge on any atom is -0.370 e. The number of aromatic nitrogens is 1. The van der Waals surface area contributed by atoms with E-state index in [2.05, 4.69) is 15.2 Å². The molecule has 0 radical (unpaired) electrons. The minimum atomic E-state index is -0.456. The minimum absolute atomic E-state index is 0.0128. The Morgan fingerprint density at radius 1 is 1.50 bits per heavy atom. The molecule has 1 aromatic heterocycles. The van der Waals surface area contributed by atoms with Crippen molar-refractivity contribution >= 4 is 11.5 Å². The van der Waals surface area contributed by atoms with E-state index in [4.69, 9.17) is 0 Å². The molecule has 1 rings (SSSR count). The molecule has 88 valence electrons. The molecule has 1 aromatic rings. The van der Waals surface area contributed by atoms with Crippen LogP contribution in [0, 0.1) is 10.1 Å². The highest BCUT2D eigenvalue weighted by atomic mass is 16.6. The van der Waals surface area contributed by atoms with Crippen molar-refractivity contribution in [2.24, 2.45) is 0 Å². The topological polar surface area (TPSA) is 71.3 Å². The number of nitrogens with one attached hydrogen (secondary N) is 1. The Morgan fingerprint density at radius 3 is 2.75 bits per heavy atom. The molecule has 1 heterocycles. The van der Waals surface area contributed by atoms with Crippen molar-refractivity contribution in [1.29, 1.82) is 0 Å². The van der Waals surface area contributed by atoms with Crippen LogP contribution in [0.1, 0.15) is 6.42 Å². The summed E-state index contributed by atoms with van der Waals surface area (Å²) in [5.74, 6) is 0.671. The molecular weight excluding hydrogens is 208 g/mol. The van der Waals surface area contributed by atoms with E-state index >= 15 is 0 Å². The molecular formula is C10H16N4O2. The van der Waals surface area contributed by atoms with Gasteiger partial charge in [0.15, 0.2) is 0 Å². The third-order valence-corrected chi connectivity index (χ3v) is 2.05. The van der Waals surface area contributed by atoms with Crippen LogP contribution in [-0.4, -0.2) is 42.0 Å². The van der Waals surface area contributed by atoms with Gasteiger partial charge in [0.25, 0.3) is 5.69 Å². The summed E-state index contributed by atoms with van der Waals surface area (Å²) >= 11 is 0. The Kier molecular flexibility index (Phi) is 4.65. The second-order valence-corrected chi connectivity index (χ2v) is 3.74.